The van der Waals surface area contributed by atoms with Crippen LogP contribution >= 0.6 is 0 Å². The van der Waals surface area contributed by atoms with Crippen molar-refractivity contribution in [2.45, 2.75) is 31.5 Å². The topological polar surface area (TPSA) is 53.4 Å². The number of nitrogens with zero attached hydrogens (tertiary/aromatic N) is 2. The van der Waals surface area contributed by atoms with Crippen LogP contribution in [-0.2, 0) is 6.54 Å². The summed E-state index contributed by atoms with van der Waals surface area (Å²) < 4.78 is 42.0. The van der Waals surface area contributed by atoms with Crippen molar-refractivity contribution in [3.05, 3.63) is 83.8 Å². The van der Waals surface area contributed by atoms with Gasteiger partial charge in [-0.15, -0.1) is 6.58 Å². The van der Waals surface area contributed by atoms with Crippen LogP contribution in [0.3, 0.4) is 0 Å². The number of pyridine rings is 1. The molecule has 0 saturated carbocycles. The molecule has 6 rings (SSSR count). The second-order valence-corrected chi connectivity index (χ2v) is 9.45. The van der Waals surface area contributed by atoms with E-state index in [2.05, 4.69) is 11.6 Å². The monoisotopic (exact) mass is 455 g/mol. The van der Waals surface area contributed by atoms with E-state index < -0.39 is 23.6 Å². The molecule has 4 heterocycles. The van der Waals surface area contributed by atoms with Gasteiger partial charge in [-0.3, -0.25) is 4.98 Å². The van der Waals surface area contributed by atoms with Crippen molar-refractivity contribution in [1.29, 1.82) is 0 Å². The van der Waals surface area contributed by atoms with Crippen LogP contribution < -0.4 is 0 Å². The average Bonchev–Trinajstić information content (AvgIpc) is 2.81. The number of hydrogen-bond acceptors (Lipinski definition) is 3. The van der Waals surface area contributed by atoms with Crippen LogP contribution in [0.4, 0.5) is 13.2 Å². The number of benzene rings is 2. The van der Waals surface area contributed by atoms with Crippen LogP contribution in [0.2, 0.25) is 0 Å². The fraction of sp³-hybridized carbons (Fsp3) is 0.346. The molecule has 3 aliphatic heterocycles. The van der Waals surface area contributed by atoms with Gasteiger partial charge in [0, 0.05) is 35.9 Å². The third kappa shape index (κ3) is 3.69. The van der Waals surface area contributed by atoms with E-state index in [1.165, 1.54) is 0 Å². The fourth-order valence-corrected chi connectivity index (χ4v) is 6.06. The van der Waals surface area contributed by atoms with E-state index in [-0.39, 0.29) is 24.3 Å². The molecule has 2 N–H and O–H groups in total. The summed E-state index contributed by atoms with van der Waals surface area (Å²) in [6.07, 6.45) is 4.35. The summed E-state index contributed by atoms with van der Waals surface area (Å²) in [6, 6.07) is 8.49. The summed E-state index contributed by atoms with van der Waals surface area (Å²) in [5.74, 6) is -3.20. The Bertz CT molecular complexity index is 1210. The normalized spacial score (nSPS) is 27.6. The van der Waals surface area contributed by atoms with E-state index in [0.717, 1.165) is 31.5 Å². The molecule has 3 aliphatic rings. The number of aromatic nitrogens is 1. The van der Waals surface area contributed by atoms with Crippen LogP contribution in [0.1, 0.15) is 30.1 Å². The van der Waals surface area contributed by atoms with Gasteiger partial charge in [-0.1, -0.05) is 6.08 Å². The number of quaternary nitrogens is 1. The zero-order valence-electron chi connectivity index (χ0n) is 18.1. The Hall–Kier alpha value is -2.90. The molecule has 0 radical (unpaired) electrons. The van der Waals surface area contributed by atoms with E-state index >= 15 is 0 Å². The Morgan fingerprint density at radius 3 is 2.64 bits per heavy atom. The largest absolute Gasteiger partial charge is 0.508 e. The number of rotatable bonds is 5. The summed E-state index contributed by atoms with van der Waals surface area (Å²) in [6.45, 7) is 5.69. The molecular formula is C26H26F3N2O2+. The molecule has 33 heavy (non-hydrogen) atoms. The zero-order valence-corrected chi connectivity index (χ0v) is 18.1. The van der Waals surface area contributed by atoms with Gasteiger partial charge >= 0.3 is 0 Å². The van der Waals surface area contributed by atoms with E-state index in [0.29, 0.717) is 39.0 Å². The Kier molecular flexibility index (Phi) is 5.41. The molecule has 2 aromatic carbocycles. The first-order valence-corrected chi connectivity index (χ1v) is 11.2. The predicted octanol–water partition coefficient (Wildman–Crippen LogP) is 5.00. The number of hydrogen-bond donors (Lipinski definition) is 2. The van der Waals surface area contributed by atoms with Gasteiger partial charge < -0.3 is 14.7 Å². The van der Waals surface area contributed by atoms with E-state index in [1.54, 1.807) is 30.5 Å². The number of aliphatic hydroxyl groups is 1. The van der Waals surface area contributed by atoms with Crippen molar-refractivity contribution in [3.63, 3.8) is 0 Å². The second-order valence-electron chi connectivity index (χ2n) is 9.45. The number of fused-ring (bicyclic) bond motifs is 4. The van der Waals surface area contributed by atoms with Gasteiger partial charge in [-0.2, -0.15) is 0 Å². The minimum Gasteiger partial charge on any atom is -0.508 e. The molecule has 5 atom stereocenters. The Morgan fingerprint density at radius 1 is 1.15 bits per heavy atom. The van der Waals surface area contributed by atoms with E-state index in [9.17, 15) is 23.4 Å². The minimum atomic E-state index is -1.47. The van der Waals surface area contributed by atoms with E-state index in [1.807, 2.05) is 6.08 Å². The maximum absolute atomic E-state index is 14.0. The fourth-order valence-electron chi connectivity index (χ4n) is 6.06. The van der Waals surface area contributed by atoms with Crippen molar-refractivity contribution < 1.29 is 27.9 Å². The van der Waals surface area contributed by atoms with Gasteiger partial charge in [0.25, 0.3) is 0 Å². The van der Waals surface area contributed by atoms with Gasteiger partial charge in [-0.25, -0.2) is 13.2 Å². The first-order chi connectivity index (χ1) is 15.8. The molecule has 2 bridgehead atoms. The lowest BCUT2D eigenvalue weighted by atomic mass is 9.71. The molecular weight excluding hydrogens is 429 g/mol. The van der Waals surface area contributed by atoms with Gasteiger partial charge in [0.15, 0.2) is 17.5 Å². The lowest BCUT2D eigenvalue weighted by Crippen LogP contribution is -2.67. The first kappa shape index (κ1) is 21.9. The predicted molar refractivity (Wildman–Crippen MR) is 119 cm³/mol. The number of piperidine rings is 3. The summed E-state index contributed by atoms with van der Waals surface area (Å²) >= 11 is 0. The van der Waals surface area contributed by atoms with E-state index in [4.69, 9.17) is 0 Å². The van der Waals surface area contributed by atoms with Gasteiger partial charge in [0.05, 0.1) is 18.6 Å². The van der Waals surface area contributed by atoms with Gasteiger partial charge in [0.1, 0.15) is 24.4 Å². The van der Waals surface area contributed by atoms with Crippen LogP contribution in [0.25, 0.3) is 10.9 Å². The maximum Gasteiger partial charge on any atom is 0.194 e. The maximum atomic E-state index is 14.0. The molecule has 3 fully saturated rings. The lowest BCUT2D eigenvalue weighted by Gasteiger charge is -2.58. The van der Waals surface area contributed by atoms with Gasteiger partial charge in [0.2, 0.25) is 0 Å². The SMILES string of the molecule is C=C[C@H]1C[N@+]2(Cc3cc(F)c(F)c(F)c3)CC[C@H]1C[C@@H]2[C@@H](O)c1ccnc2ccc(O)cc12. The summed E-state index contributed by atoms with van der Waals surface area (Å²) in [4.78, 5) is 4.34. The highest BCUT2D eigenvalue weighted by Crippen LogP contribution is 2.48. The highest BCUT2D eigenvalue weighted by molar-refractivity contribution is 5.83. The number of aliphatic hydroxyl groups excluding tert-OH is 1. The Morgan fingerprint density at radius 2 is 1.91 bits per heavy atom. The summed E-state index contributed by atoms with van der Waals surface area (Å²) in [5, 5.41) is 22.3. The first-order valence-electron chi connectivity index (χ1n) is 11.2. The Labute approximate surface area is 190 Å². The quantitative estimate of drug-likeness (QED) is 0.323. The van der Waals surface area contributed by atoms with Crippen LogP contribution in [0.15, 0.2) is 55.3 Å². The third-order valence-electron chi connectivity index (χ3n) is 7.66. The average molecular weight is 456 g/mol. The smallest absolute Gasteiger partial charge is 0.194 e. The number of phenols is 1. The van der Waals surface area contributed by atoms with Crippen LogP contribution in [0, 0.1) is 29.3 Å². The van der Waals surface area contributed by atoms with Crippen molar-refractivity contribution in [2.24, 2.45) is 11.8 Å². The molecule has 3 aromatic rings. The zero-order chi connectivity index (χ0) is 23.3. The second kappa shape index (κ2) is 8.15. The van der Waals surface area contributed by atoms with Crippen molar-refractivity contribution in [3.8, 4) is 5.75 Å². The lowest BCUT2D eigenvalue weighted by molar-refractivity contribution is -0.985. The molecule has 0 unspecified atom stereocenters. The molecule has 1 aromatic heterocycles. The number of aromatic hydroxyl groups is 1. The Balaban J connectivity index is 1.57. The summed E-state index contributed by atoms with van der Waals surface area (Å²) in [5.41, 5.74) is 1.69. The minimum absolute atomic E-state index is 0.0855. The number of halogens is 3. The van der Waals surface area contributed by atoms with Crippen LogP contribution in [-0.4, -0.2) is 38.8 Å². The van der Waals surface area contributed by atoms with Crippen molar-refractivity contribution in [1.82, 2.24) is 4.98 Å². The molecule has 4 nitrogen and oxygen atoms in total. The molecule has 0 spiro atoms. The van der Waals surface area contributed by atoms with Crippen molar-refractivity contribution in [2.75, 3.05) is 13.1 Å². The molecule has 7 heteroatoms. The number of phenolic OH excluding ortho intramolecular Hbond substituents is 1. The highest BCUT2D eigenvalue weighted by atomic mass is 19.2. The van der Waals surface area contributed by atoms with Gasteiger partial charge in [-0.05, 0) is 47.9 Å². The van der Waals surface area contributed by atoms with Crippen LogP contribution in [0.5, 0.6) is 5.75 Å². The van der Waals surface area contributed by atoms with Crippen molar-refractivity contribution >= 4 is 10.9 Å². The molecule has 0 aliphatic carbocycles. The molecule has 172 valence electrons. The molecule has 0 amide bonds. The molecule has 3 saturated heterocycles. The standard InChI is InChI=1S/C26H25F3N2O2/c1-2-16-14-31(13-15-9-21(27)25(29)22(28)10-15)8-6-17(16)11-24(31)26(33)19-5-7-30-23-4-3-18(32)12-20(19)23/h2-5,7,9-10,12,16-17,24,26,33H,1,6,8,11,13-14H2/p+1/t16-,17-,24+,26-,31+/m0/s1. The highest BCUT2D eigenvalue weighted by Gasteiger charge is 2.54. The summed E-state index contributed by atoms with van der Waals surface area (Å²) in [7, 11) is 0. The third-order valence-corrected chi connectivity index (χ3v) is 7.66.